The molecule has 1 aromatic heterocycles. The first kappa shape index (κ1) is 18.1. The number of benzene rings is 1. The molecule has 1 aliphatic heterocycles. The molecule has 7 heteroatoms. The summed E-state index contributed by atoms with van der Waals surface area (Å²) in [5.74, 6) is -0.190. The van der Waals surface area contributed by atoms with Crippen LogP contribution in [0.25, 0.3) is 0 Å². The van der Waals surface area contributed by atoms with Crippen LogP contribution in [-0.2, 0) is 15.0 Å². The molecule has 138 valence electrons. The average Bonchev–Trinajstić information content (AvgIpc) is 3.23. The predicted octanol–water partition coefficient (Wildman–Crippen LogP) is 2.39. The van der Waals surface area contributed by atoms with Gasteiger partial charge in [0.1, 0.15) is 6.04 Å². The van der Waals surface area contributed by atoms with Gasteiger partial charge in [-0.25, -0.2) is 0 Å². The van der Waals surface area contributed by atoms with Crippen LogP contribution in [0.4, 0.5) is 11.6 Å². The summed E-state index contributed by atoms with van der Waals surface area (Å²) in [5.41, 5.74) is 1.78. The number of aryl methyl sites for hydroxylation is 1. The van der Waals surface area contributed by atoms with E-state index in [1.54, 1.807) is 6.07 Å². The Morgan fingerprint density at radius 2 is 2.08 bits per heavy atom. The van der Waals surface area contributed by atoms with E-state index in [0.29, 0.717) is 24.2 Å². The third kappa shape index (κ3) is 3.48. The molecule has 0 aliphatic carbocycles. The van der Waals surface area contributed by atoms with Crippen LogP contribution in [0, 0.1) is 6.92 Å². The number of anilines is 2. The largest absolute Gasteiger partial charge is 0.395 e. The van der Waals surface area contributed by atoms with Crippen molar-refractivity contribution in [2.75, 3.05) is 16.8 Å². The summed E-state index contributed by atoms with van der Waals surface area (Å²) in [6, 6.07) is 8.51. The number of rotatable bonds is 5. The van der Waals surface area contributed by atoms with E-state index in [-0.39, 0.29) is 24.3 Å². The Balaban J connectivity index is 1.76. The molecule has 0 bridgehead atoms. The van der Waals surface area contributed by atoms with Crippen molar-refractivity contribution in [2.45, 2.75) is 45.1 Å². The van der Waals surface area contributed by atoms with E-state index in [9.17, 15) is 14.7 Å². The van der Waals surface area contributed by atoms with Crippen LogP contribution in [-0.4, -0.2) is 34.7 Å². The molecule has 1 fully saturated rings. The van der Waals surface area contributed by atoms with Gasteiger partial charge in [-0.15, -0.1) is 0 Å². The van der Waals surface area contributed by atoms with Crippen molar-refractivity contribution < 1.29 is 19.2 Å². The van der Waals surface area contributed by atoms with Crippen molar-refractivity contribution >= 4 is 23.4 Å². The molecule has 1 atom stereocenters. The standard InChI is InChI=1S/C19H23N3O4/c1-12-4-6-13(7-5-12)22-14(8-9-17(22)24)18(25)20-16-10-15(21-26-16)19(2,3)11-23/h4-7,10,14,23H,8-9,11H2,1-3H3,(H,20,25)/t14-/m0/s1. The number of hydrogen-bond donors (Lipinski definition) is 2. The highest BCUT2D eigenvalue weighted by molar-refractivity contribution is 6.07. The number of nitrogens with one attached hydrogen (secondary N) is 1. The molecule has 2 heterocycles. The second kappa shape index (κ2) is 6.92. The number of nitrogens with zero attached hydrogens (tertiary/aromatic N) is 2. The van der Waals surface area contributed by atoms with E-state index in [4.69, 9.17) is 4.52 Å². The lowest BCUT2D eigenvalue weighted by Gasteiger charge is -2.23. The van der Waals surface area contributed by atoms with Gasteiger partial charge in [0, 0.05) is 23.6 Å². The molecule has 26 heavy (non-hydrogen) atoms. The summed E-state index contributed by atoms with van der Waals surface area (Å²) in [6.45, 7) is 5.52. The first-order valence-corrected chi connectivity index (χ1v) is 8.59. The minimum Gasteiger partial charge on any atom is -0.395 e. The summed E-state index contributed by atoms with van der Waals surface area (Å²) in [7, 11) is 0. The molecule has 0 radical (unpaired) electrons. The smallest absolute Gasteiger partial charge is 0.249 e. The summed E-state index contributed by atoms with van der Waals surface area (Å²) in [4.78, 5) is 26.5. The minimum atomic E-state index is -0.593. The number of amides is 2. The fourth-order valence-electron chi connectivity index (χ4n) is 2.90. The maximum absolute atomic E-state index is 12.7. The highest BCUT2D eigenvalue weighted by Crippen LogP contribution is 2.29. The summed E-state index contributed by atoms with van der Waals surface area (Å²) in [5, 5.41) is 16.0. The third-order valence-corrected chi connectivity index (χ3v) is 4.67. The Morgan fingerprint density at radius 1 is 1.38 bits per heavy atom. The van der Waals surface area contributed by atoms with Gasteiger partial charge in [-0.2, -0.15) is 0 Å². The molecule has 0 spiro atoms. The molecule has 0 unspecified atom stereocenters. The van der Waals surface area contributed by atoms with Crippen LogP contribution >= 0.6 is 0 Å². The van der Waals surface area contributed by atoms with Gasteiger partial charge in [0.15, 0.2) is 0 Å². The monoisotopic (exact) mass is 357 g/mol. The molecule has 2 aromatic rings. The molecule has 0 saturated carbocycles. The second-order valence-corrected chi connectivity index (χ2v) is 7.26. The topological polar surface area (TPSA) is 95.7 Å². The maximum atomic E-state index is 12.7. The lowest BCUT2D eigenvalue weighted by atomic mass is 9.91. The Bertz CT molecular complexity index is 810. The summed E-state index contributed by atoms with van der Waals surface area (Å²) < 4.78 is 5.17. The number of carbonyl (C=O) groups excluding carboxylic acids is 2. The molecule has 1 aromatic carbocycles. The van der Waals surface area contributed by atoms with Crippen molar-refractivity contribution in [1.29, 1.82) is 0 Å². The van der Waals surface area contributed by atoms with Crippen molar-refractivity contribution in [3.05, 3.63) is 41.6 Å². The van der Waals surface area contributed by atoms with Gasteiger partial charge in [-0.3, -0.25) is 19.8 Å². The van der Waals surface area contributed by atoms with Crippen LogP contribution in [0.5, 0.6) is 0 Å². The molecular weight excluding hydrogens is 334 g/mol. The lowest BCUT2D eigenvalue weighted by Crippen LogP contribution is -2.41. The second-order valence-electron chi connectivity index (χ2n) is 7.26. The van der Waals surface area contributed by atoms with Crippen LogP contribution < -0.4 is 10.2 Å². The van der Waals surface area contributed by atoms with E-state index >= 15 is 0 Å². The summed E-state index contributed by atoms with van der Waals surface area (Å²) in [6.07, 6.45) is 0.771. The summed E-state index contributed by atoms with van der Waals surface area (Å²) >= 11 is 0. The molecule has 1 saturated heterocycles. The molecule has 1 aliphatic rings. The van der Waals surface area contributed by atoms with Gasteiger partial charge in [0.05, 0.1) is 12.3 Å². The number of hydrogen-bond acceptors (Lipinski definition) is 5. The Morgan fingerprint density at radius 3 is 2.73 bits per heavy atom. The van der Waals surface area contributed by atoms with Gasteiger partial charge in [-0.1, -0.05) is 36.7 Å². The zero-order chi connectivity index (χ0) is 18.9. The molecule has 2 N–H and O–H groups in total. The van der Waals surface area contributed by atoms with Gasteiger partial charge in [0.2, 0.25) is 17.7 Å². The number of aliphatic hydroxyl groups is 1. The van der Waals surface area contributed by atoms with Crippen LogP contribution in [0.1, 0.15) is 37.9 Å². The first-order chi connectivity index (χ1) is 12.3. The third-order valence-electron chi connectivity index (χ3n) is 4.67. The quantitative estimate of drug-likeness (QED) is 0.857. The zero-order valence-electron chi connectivity index (χ0n) is 15.2. The van der Waals surface area contributed by atoms with Gasteiger partial charge in [0.25, 0.3) is 0 Å². The van der Waals surface area contributed by atoms with E-state index in [0.717, 1.165) is 5.56 Å². The Kier molecular flexibility index (Phi) is 4.82. The number of aromatic nitrogens is 1. The van der Waals surface area contributed by atoms with Crippen LogP contribution in [0.3, 0.4) is 0 Å². The minimum absolute atomic E-state index is 0.0753. The maximum Gasteiger partial charge on any atom is 0.249 e. The lowest BCUT2D eigenvalue weighted by molar-refractivity contribution is -0.120. The normalized spacial score (nSPS) is 17.6. The van der Waals surface area contributed by atoms with Crippen molar-refractivity contribution in [3.63, 3.8) is 0 Å². The van der Waals surface area contributed by atoms with Crippen molar-refractivity contribution in [3.8, 4) is 0 Å². The first-order valence-electron chi connectivity index (χ1n) is 8.59. The van der Waals surface area contributed by atoms with Crippen molar-refractivity contribution in [1.82, 2.24) is 5.16 Å². The van der Waals surface area contributed by atoms with E-state index in [2.05, 4.69) is 10.5 Å². The fraction of sp³-hybridized carbons (Fsp3) is 0.421. The van der Waals surface area contributed by atoms with Crippen LogP contribution in [0.15, 0.2) is 34.9 Å². The number of aliphatic hydroxyl groups excluding tert-OH is 1. The van der Waals surface area contributed by atoms with Gasteiger partial charge in [-0.05, 0) is 25.5 Å². The molecule has 7 nitrogen and oxygen atoms in total. The molecule has 2 amide bonds. The highest BCUT2D eigenvalue weighted by atomic mass is 16.5. The van der Waals surface area contributed by atoms with Gasteiger partial charge < -0.3 is 9.63 Å². The predicted molar refractivity (Wildman–Crippen MR) is 96.9 cm³/mol. The highest BCUT2D eigenvalue weighted by Gasteiger charge is 2.37. The average molecular weight is 357 g/mol. The molecule has 3 rings (SSSR count). The Labute approximate surface area is 152 Å². The van der Waals surface area contributed by atoms with Crippen molar-refractivity contribution in [2.24, 2.45) is 0 Å². The zero-order valence-corrected chi connectivity index (χ0v) is 15.2. The van der Waals surface area contributed by atoms with E-state index in [1.165, 1.54) is 4.90 Å². The van der Waals surface area contributed by atoms with E-state index < -0.39 is 11.5 Å². The molecular formula is C19H23N3O4. The SMILES string of the molecule is Cc1ccc(N2C(=O)CC[C@H]2C(=O)Nc2cc(C(C)(C)CO)no2)cc1. The Hall–Kier alpha value is -2.67. The fourth-order valence-corrected chi connectivity index (χ4v) is 2.90. The van der Waals surface area contributed by atoms with Crippen LogP contribution in [0.2, 0.25) is 0 Å². The van der Waals surface area contributed by atoms with Gasteiger partial charge >= 0.3 is 0 Å². The van der Waals surface area contributed by atoms with E-state index in [1.807, 2.05) is 45.0 Å². The number of carbonyl (C=O) groups is 2.